The Bertz CT molecular complexity index is 1010. The maximum atomic E-state index is 13.0. The highest BCUT2D eigenvalue weighted by molar-refractivity contribution is 8.26. The van der Waals surface area contributed by atoms with Crippen LogP contribution in [0.1, 0.15) is 56.7 Å². The minimum atomic E-state index is -0.263. The molecule has 160 valence electrons. The zero-order valence-electron chi connectivity index (χ0n) is 18.0. The van der Waals surface area contributed by atoms with Gasteiger partial charge in [-0.2, -0.15) is 5.26 Å². The number of anilines is 1. The molecule has 0 saturated carbocycles. The molecule has 1 atom stereocenters. The summed E-state index contributed by atoms with van der Waals surface area (Å²) in [7, 11) is 0. The summed E-state index contributed by atoms with van der Waals surface area (Å²) >= 11 is 6.70. The highest BCUT2D eigenvalue weighted by atomic mass is 32.2. The van der Waals surface area contributed by atoms with Crippen LogP contribution >= 0.6 is 24.0 Å². The van der Waals surface area contributed by atoms with Gasteiger partial charge in [0.15, 0.2) is 0 Å². The average Bonchev–Trinajstić information content (AvgIpc) is 2.98. The first-order valence-corrected chi connectivity index (χ1v) is 11.7. The molecule has 6 nitrogen and oxygen atoms in total. The Kier molecular flexibility index (Phi) is 7.04. The van der Waals surface area contributed by atoms with Crippen LogP contribution in [0.2, 0.25) is 0 Å². The second kappa shape index (κ2) is 9.36. The third-order valence-electron chi connectivity index (χ3n) is 5.72. The predicted molar refractivity (Wildman–Crippen MR) is 127 cm³/mol. The quantitative estimate of drug-likeness (QED) is 0.507. The van der Waals surface area contributed by atoms with E-state index in [-0.39, 0.29) is 17.0 Å². The summed E-state index contributed by atoms with van der Waals surface area (Å²) in [6.07, 6.45) is 4.88. The Labute approximate surface area is 187 Å². The van der Waals surface area contributed by atoms with E-state index in [1.807, 2.05) is 19.9 Å². The summed E-state index contributed by atoms with van der Waals surface area (Å²) in [5, 5.41) is 9.66. The number of aromatic nitrogens is 1. The minimum Gasteiger partial charge on any atom is -0.357 e. The highest BCUT2D eigenvalue weighted by Gasteiger charge is 2.33. The lowest BCUT2D eigenvalue weighted by Crippen LogP contribution is -2.40. The number of thiocarbonyl (C=S) groups is 1. The molecule has 3 heterocycles. The number of nitriles is 1. The van der Waals surface area contributed by atoms with Gasteiger partial charge in [0.05, 0.1) is 4.91 Å². The summed E-state index contributed by atoms with van der Waals surface area (Å²) in [5.41, 5.74) is 1.28. The second-order valence-corrected chi connectivity index (χ2v) is 9.60. The fraction of sp³-hybridized carbons (Fsp3) is 0.545. The molecule has 0 bridgehead atoms. The van der Waals surface area contributed by atoms with Gasteiger partial charge in [0.25, 0.3) is 11.5 Å². The predicted octanol–water partition coefficient (Wildman–Crippen LogP) is 3.90. The van der Waals surface area contributed by atoms with E-state index in [0.29, 0.717) is 33.8 Å². The van der Waals surface area contributed by atoms with Crippen molar-refractivity contribution in [2.24, 2.45) is 5.92 Å². The Morgan fingerprint density at radius 2 is 2.07 bits per heavy atom. The Morgan fingerprint density at radius 1 is 1.33 bits per heavy atom. The number of hydrogen-bond acceptors (Lipinski definition) is 6. The first-order valence-electron chi connectivity index (χ1n) is 10.5. The highest BCUT2D eigenvalue weighted by Crippen LogP contribution is 2.36. The van der Waals surface area contributed by atoms with Crippen molar-refractivity contribution >= 4 is 46.1 Å². The number of carbonyl (C=O) groups excluding carboxylic acids is 1. The summed E-state index contributed by atoms with van der Waals surface area (Å²) in [4.78, 5) is 30.4. The van der Waals surface area contributed by atoms with E-state index in [2.05, 4.69) is 17.9 Å². The molecule has 0 spiro atoms. The van der Waals surface area contributed by atoms with Crippen molar-refractivity contribution in [2.45, 2.75) is 53.5 Å². The molecule has 1 aromatic rings. The van der Waals surface area contributed by atoms with E-state index in [4.69, 9.17) is 12.2 Å². The van der Waals surface area contributed by atoms with Crippen molar-refractivity contribution in [3.8, 4) is 6.07 Å². The maximum absolute atomic E-state index is 13.0. The van der Waals surface area contributed by atoms with Gasteiger partial charge < -0.3 is 4.90 Å². The largest absolute Gasteiger partial charge is 0.357 e. The monoisotopic (exact) mass is 444 g/mol. The summed E-state index contributed by atoms with van der Waals surface area (Å²) < 4.78 is 2.24. The molecule has 2 saturated heterocycles. The topological polar surface area (TPSA) is 69.3 Å². The number of hydrogen-bond donors (Lipinski definition) is 0. The zero-order chi connectivity index (χ0) is 22.0. The summed E-state index contributed by atoms with van der Waals surface area (Å²) in [5.74, 6) is 1.23. The number of pyridine rings is 1. The van der Waals surface area contributed by atoms with E-state index in [0.717, 1.165) is 43.7 Å². The minimum absolute atomic E-state index is 0.100. The van der Waals surface area contributed by atoms with E-state index in [1.54, 1.807) is 16.4 Å². The first kappa shape index (κ1) is 22.6. The van der Waals surface area contributed by atoms with Crippen LogP contribution in [0.15, 0.2) is 9.70 Å². The fourth-order valence-electron chi connectivity index (χ4n) is 4.21. The third kappa shape index (κ3) is 4.06. The number of amides is 1. The number of thioether (sulfide) groups is 1. The maximum Gasteiger partial charge on any atom is 0.270 e. The van der Waals surface area contributed by atoms with Crippen LogP contribution in [0.5, 0.6) is 0 Å². The molecule has 30 heavy (non-hydrogen) atoms. The molecule has 0 radical (unpaired) electrons. The van der Waals surface area contributed by atoms with Crippen LogP contribution in [0.3, 0.4) is 0 Å². The number of nitrogens with zero attached hydrogens (tertiary/aromatic N) is 4. The Balaban J connectivity index is 2.22. The molecule has 1 aromatic heterocycles. The smallest absolute Gasteiger partial charge is 0.270 e. The molecule has 3 rings (SSSR count). The average molecular weight is 445 g/mol. The van der Waals surface area contributed by atoms with Gasteiger partial charge in [-0.1, -0.05) is 37.8 Å². The third-order valence-corrected chi connectivity index (χ3v) is 7.09. The van der Waals surface area contributed by atoms with Crippen molar-refractivity contribution in [1.29, 1.82) is 5.26 Å². The van der Waals surface area contributed by atoms with E-state index in [9.17, 15) is 14.9 Å². The van der Waals surface area contributed by atoms with Crippen molar-refractivity contribution in [3.63, 3.8) is 0 Å². The van der Waals surface area contributed by atoms with Crippen molar-refractivity contribution in [1.82, 2.24) is 9.47 Å². The molecule has 0 N–H and O–H groups in total. The van der Waals surface area contributed by atoms with Crippen molar-refractivity contribution in [3.05, 3.63) is 31.9 Å². The fourth-order valence-corrected chi connectivity index (χ4v) is 5.50. The molecule has 0 aliphatic carbocycles. The molecule has 2 aliphatic rings. The van der Waals surface area contributed by atoms with Gasteiger partial charge in [-0.3, -0.25) is 19.1 Å². The lowest BCUT2D eigenvalue weighted by atomic mass is 9.98. The molecular weight excluding hydrogens is 416 g/mol. The van der Waals surface area contributed by atoms with Crippen LogP contribution in [-0.2, 0) is 11.3 Å². The van der Waals surface area contributed by atoms with E-state index in [1.165, 1.54) is 11.8 Å². The van der Waals surface area contributed by atoms with Crippen LogP contribution in [0, 0.1) is 24.2 Å². The summed E-state index contributed by atoms with van der Waals surface area (Å²) in [6, 6.07) is 2.08. The lowest BCUT2D eigenvalue weighted by molar-refractivity contribution is -0.122. The zero-order valence-corrected chi connectivity index (χ0v) is 19.7. The van der Waals surface area contributed by atoms with E-state index < -0.39 is 0 Å². The molecular formula is C22H28N4O2S2. The molecule has 2 aliphatic heterocycles. The molecule has 8 heteroatoms. The second-order valence-electron chi connectivity index (χ2n) is 7.93. The van der Waals surface area contributed by atoms with E-state index >= 15 is 0 Å². The van der Waals surface area contributed by atoms with Gasteiger partial charge in [-0.15, -0.1) is 0 Å². The van der Waals surface area contributed by atoms with Crippen molar-refractivity contribution < 1.29 is 4.79 Å². The molecule has 2 fully saturated rings. The van der Waals surface area contributed by atoms with Gasteiger partial charge in [0.2, 0.25) is 0 Å². The number of carbonyl (C=O) groups is 1. The van der Waals surface area contributed by atoms with Gasteiger partial charge >= 0.3 is 0 Å². The van der Waals surface area contributed by atoms with Crippen LogP contribution in [-0.4, -0.2) is 39.3 Å². The van der Waals surface area contributed by atoms with Gasteiger partial charge in [-0.25, -0.2) is 0 Å². The van der Waals surface area contributed by atoms with Crippen molar-refractivity contribution in [2.75, 3.05) is 24.5 Å². The number of piperidine rings is 1. The summed E-state index contributed by atoms with van der Waals surface area (Å²) in [6.45, 7) is 10.7. The molecule has 1 unspecified atom stereocenters. The van der Waals surface area contributed by atoms with Crippen LogP contribution < -0.4 is 10.5 Å². The van der Waals surface area contributed by atoms with Crippen LogP contribution in [0.25, 0.3) is 6.08 Å². The van der Waals surface area contributed by atoms with Gasteiger partial charge in [0, 0.05) is 31.7 Å². The SMILES string of the molecule is CCCN1C(=O)C(=Cc2c(C)c(C#N)c(=O)n(CC)c2N2CCCC(C)C2)SC1=S. The molecule has 0 aromatic carbocycles. The van der Waals surface area contributed by atoms with Gasteiger partial charge in [-0.05, 0) is 50.7 Å². The first-order chi connectivity index (χ1) is 14.3. The lowest BCUT2D eigenvalue weighted by Gasteiger charge is -2.35. The van der Waals surface area contributed by atoms with Crippen LogP contribution in [0.4, 0.5) is 5.82 Å². The number of rotatable bonds is 5. The molecule has 1 amide bonds. The normalized spacial score (nSPS) is 20.9. The Hall–Kier alpha value is -2.11. The Morgan fingerprint density at radius 3 is 2.67 bits per heavy atom. The van der Waals surface area contributed by atoms with Gasteiger partial charge in [0.1, 0.15) is 21.8 Å². The standard InChI is InChI=1S/C22H28N4O2S2/c1-5-9-26-21(28)18(30-22(26)29)11-16-15(4)17(12-23)20(27)25(6-2)19(16)24-10-7-8-14(3)13-24/h11,14H,5-10,13H2,1-4H3.